The van der Waals surface area contributed by atoms with Gasteiger partial charge < -0.3 is 10.4 Å². The molecule has 1 amide bonds. The topological polar surface area (TPSA) is 52.6 Å². The predicted octanol–water partition coefficient (Wildman–Crippen LogP) is 4.90. The first-order valence-corrected chi connectivity index (χ1v) is 11.3. The third-order valence-corrected chi connectivity index (χ3v) is 7.08. The van der Waals surface area contributed by atoms with Crippen molar-refractivity contribution in [1.29, 1.82) is 0 Å². The van der Waals surface area contributed by atoms with E-state index in [4.69, 9.17) is 11.6 Å². The van der Waals surface area contributed by atoms with Crippen molar-refractivity contribution in [2.45, 2.75) is 37.6 Å². The molecule has 3 atom stereocenters. The Morgan fingerprint density at radius 1 is 1.17 bits per heavy atom. The fourth-order valence-corrected chi connectivity index (χ4v) is 5.18. The molecular weight excluding hydrogens is 416 g/mol. The first-order valence-electron chi connectivity index (χ1n) is 10.0. The van der Waals surface area contributed by atoms with Crippen LogP contribution in [0.1, 0.15) is 40.2 Å². The zero-order valence-corrected chi connectivity index (χ0v) is 18.4. The number of piperidine rings is 1. The smallest absolute Gasteiger partial charge is 0.251 e. The Balaban J connectivity index is 1.67. The summed E-state index contributed by atoms with van der Waals surface area (Å²) in [4.78, 5) is 16.4. The average molecular weight is 441 g/mol. The molecule has 0 saturated carbocycles. The lowest BCUT2D eigenvalue weighted by Crippen LogP contribution is -2.62. The van der Waals surface area contributed by atoms with Crippen LogP contribution in [0.5, 0.6) is 0 Å². The summed E-state index contributed by atoms with van der Waals surface area (Å²) in [5.74, 6) is -0.179. The number of amides is 1. The van der Waals surface area contributed by atoms with Crippen LogP contribution < -0.4 is 5.32 Å². The summed E-state index contributed by atoms with van der Waals surface area (Å²) in [6.07, 6.45) is 0.555. The molecule has 1 aromatic heterocycles. The first kappa shape index (κ1) is 21.1. The molecule has 0 radical (unpaired) electrons. The lowest BCUT2D eigenvalue weighted by Gasteiger charge is -2.48. The number of halogens is 1. The number of thiophene rings is 1. The monoisotopic (exact) mass is 440 g/mol. The van der Waals surface area contributed by atoms with Gasteiger partial charge in [-0.25, -0.2) is 0 Å². The van der Waals surface area contributed by atoms with Crippen molar-refractivity contribution in [1.82, 2.24) is 10.2 Å². The van der Waals surface area contributed by atoms with Crippen molar-refractivity contribution >= 4 is 28.8 Å². The number of rotatable bonds is 5. The summed E-state index contributed by atoms with van der Waals surface area (Å²) in [6.45, 7) is 3.17. The summed E-state index contributed by atoms with van der Waals surface area (Å²) >= 11 is 8.07. The molecule has 3 aromatic rings. The normalized spacial score (nSPS) is 24.5. The van der Waals surface area contributed by atoms with Crippen LogP contribution in [0.3, 0.4) is 0 Å². The van der Waals surface area contributed by atoms with Crippen LogP contribution in [-0.4, -0.2) is 34.1 Å². The van der Waals surface area contributed by atoms with Gasteiger partial charge in [0.1, 0.15) is 0 Å². The average Bonchev–Trinajstić information content (AvgIpc) is 3.27. The van der Waals surface area contributed by atoms with Gasteiger partial charge >= 0.3 is 0 Å². The summed E-state index contributed by atoms with van der Waals surface area (Å²) in [5.41, 5.74) is 0.590. The van der Waals surface area contributed by atoms with Gasteiger partial charge in [0.05, 0.1) is 17.7 Å². The summed E-state index contributed by atoms with van der Waals surface area (Å²) in [5, 5.41) is 17.2. The lowest BCUT2D eigenvalue weighted by molar-refractivity contribution is -0.0656. The van der Waals surface area contributed by atoms with Gasteiger partial charge in [0, 0.05) is 28.6 Å². The molecule has 0 bridgehead atoms. The minimum Gasteiger partial charge on any atom is -0.388 e. The van der Waals surface area contributed by atoms with E-state index in [0.29, 0.717) is 25.1 Å². The van der Waals surface area contributed by atoms with Crippen molar-refractivity contribution in [3.63, 3.8) is 0 Å². The van der Waals surface area contributed by atoms with E-state index in [1.165, 1.54) is 0 Å². The Hall–Kier alpha value is -2.18. The van der Waals surface area contributed by atoms with Crippen LogP contribution in [0.4, 0.5) is 0 Å². The summed E-state index contributed by atoms with van der Waals surface area (Å²) < 4.78 is 0. The van der Waals surface area contributed by atoms with Crippen molar-refractivity contribution in [3.05, 3.63) is 93.1 Å². The second-order valence-corrected chi connectivity index (χ2v) is 9.33. The highest BCUT2D eigenvalue weighted by Gasteiger charge is 2.46. The SMILES string of the molecule is C[C@@]1(O)CCN(Cc2ccccc2Cl)[C@@H](c2cccs2)[C@@H]1NC(=O)c1ccccc1. The van der Waals surface area contributed by atoms with E-state index < -0.39 is 11.6 Å². The number of aliphatic hydroxyl groups is 1. The molecule has 4 rings (SSSR count). The van der Waals surface area contributed by atoms with Crippen LogP contribution >= 0.6 is 22.9 Å². The molecule has 0 aliphatic carbocycles. The quantitative estimate of drug-likeness (QED) is 0.593. The van der Waals surface area contributed by atoms with E-state index in [9.17, 15) is 9.90 Å². The van der Waals surface area contributed by atoms with Gasteiger partial charge in [-0.3, -0.25) is 9.69 Å². The fourth-order valence-electron chi connectivity index (χ4n) is 4.09. The number of nitrogens with one attached hydrogen (secondary N) is 1. The van der Waals surface area contributed by atoms with Crippen LogP contribution in [0.25, 0.3) is 0 Å². The number of hydrogen-bond donors (Lipinski definition) is 2. The number of nitrogens with zero attached hydrogens (tertiary/aromatic N) is 1. The Morgan fingerprint density at radius 2 is 1.90 bits per heavy atom. The molecule has 1 aliphatic heterocycles. The lowest BCUT2D eigenvalue weighted by atomic mass is 9.81. The summed E-state index contributed by atoms with van der Waals surface area (Å²) in [7, 11) is 0. The van der Waals surface area contributed by atoms with E-state index in [2.05, 4.69) is 16.3 Å². The molecule has 2 aromatic carbocycles. The number of carbonyl (C=O) groups is 1. The maximum absolute atomic E-state index is 13.0. The van der Waals surface area contributed by atoms with Gasteiger partial charge in [-0.15, -0.1) is 11.3 Å². The third kappa shape index (κ3) is 4.44. The van der Waals surface area contributed by atoms with Crippen molar-refractivity contribution < 1.29 is 9.90 Å². The number of carbonyl (C=O) groups excluding carboxylic acids is 1. The molecule has 4 nitrogen and oxygen atoms in total. The van der Waals surface area contributed by atoms with E-state index >= 15 is 0 Å². The van der Waals surface area contributed by atoms with Crippen molar-refractivity contribution in [3.8, 4) is 0 Å². The maximum Gasteiger partial charge on any atom is 0.251 e. The highest BCUT2D eigenvalue weighted by Crippen LogP contribution is 2.40. The molecule has 2 N–H and O–H groups in total. The minimum absolute atomic E-state index is 0.155. The van der Waals surface area contributed by atoms with E-state index in [-0.39, 0.29) is 11.9 Å². The second kappa shape index (κ2) is 8.90. The Bertz CT molecular complexity index is 991. The van der Waals surface area contributed by atoms with E-state index in [1.807, 2.05) is 60.8 Å². The number of hydrogen-bond acceptors (Lipinski definition) is 4. The van der Waals surface area contributed by atoms with Crippen LogP contribution in [0.15, 0.2) is 72.1 Å². The van der Waals surface area contributed by atoms with Crippen LogP contribution in [-0.2, 0) is 6.54 Å². The van der Waals surface area contributed by atoms with Crippen LogP contribution in [0, 0.1) is 0 Å². The molecule has 1 saturated heterocycles. The molecule has 2 heterocycles. The molecule has 0 spiro atoms. The summed E-state index contributed by atoms with van der Waals surface area (Å²) in [6, 6.07) is 20.4. The van der Waals surface area contributed by atoms with Crippen molar-refractivity contribution in [2.75, 3.05) is 6.54 Å². The minimum atomic E-state index is -1.03. The van der Waals surface area contributed by atoms with E-state index in [0.717, 1.165) is 15.5 Å². The fraction of sp³-hybridized carbons (Fsp3) is 0.292. The molecule has 30 heavy (non-hydrogen) atoms. The Morgan fingerprint density at radius 3 is 2.60 bits per heavy atom. The van der Waals surface area contributed by atoms with E-state index in [1.54, 1.807) is 23.5 Å². The Kier molecular flexibility index (Phi) is 6.25. The molecule has 0 unspecified atom stereocenters. The highest BCUT2D eigenvalue weighted by atomic mass is 35.5. The Labute approximate surface area is 186 Å². The van der Waals surface area contributed by atoms with Gasteiger partial charge in [0.25, 0.3) is 5.91 Å². The van der Waals surface area contributed by atoms with Crippen molar-refractivity contribution in [2.24, 2.45) is 0 Å². The number of benzene rings is 2. The standard InChI is InChI=1S/C24H25ClN2O2S/c1-24(29)13-14-27(16-18-10-5-6-11-19(18)25)21(20-12-7-15-30-20)22(24)26-23(28)17-8-3-2-4-9-17/h2-12,15,21-22,29H,13-14,16H2,1H3,(H,26,28)/t21-,22-,24+/m0/s1. The largest absolute Gasteiger partial charge is 0.388 e. The predicted molar refractivity (Wildman–Crippen MR) is 122 cm³/mol. The van der Waals surface area contributed by atoms with Gasteiger partial charge in [0.15, 0.2) is 0 Å². The maximum atomic E-state index is 13.0. The highest BCUT2D eigenvalue weighted by molar-refractivity contribution is 7.10. The number of likely N-dealkylation sites (tertiary alicyclic amines) is 1. The van der Waals surface area contributed by atoms with Gasteiger partial charge in [0.2, 0.25) is 0 Å². The molecular formula is C24H25ClN2O2S. The zero-order valence-electron chi connectivity index (χ0n) is 16.8. The second-order valence-electron chi connectivity index (χ2n) is 7.95. The molecule has 156 valence electrons. The van der Waals surface area contributed by atoms with Gasteiger partial charge in [-0.05, 0) is 48.6 Å². The zero-order chi connectivity index (χ0) is 21.1. The first-order chi connectivity index (χ1) is 14.5. The van der Waals surface area contributed by atoms with Gasteiger partial charge in [-0.2, -0.15) is 0 Å². The molecule has 1 fully saturated rings. The van der Waals surface area contributed by atoms with Crippen LogP contribution in [0.2, 0.25) is 5.02 Å². The third-order valence-electron chi connectivity index (χ3n) is 5.77. The van der Waals surface area contributed by atoms with Gasteiger partial charge in [-0.1, -0.05) is 54.1 Å². The molecule has 1 aliphatic rings. The molecule has 6 heteroatoms.